The summed E-state index contributed by atoms with van der Waals surface area (Å²) in [7, 11) is -2.07. The molecule has 4 aliphatic rings. The van der Waals surface area contributed by atoms with Gasteiger partial charge in [0.15, 0.2) is 25.6 Å². The lowest BCUT2D eigenvalue weighted by Gasteiger charge is -2.62. The normalized spacial score (nSPS) is 44.2. The van der Waals surface area contributed by atoms with Crippen molar-refractivity contribution in [2.75, 3.05) is 6.61 Å². The molecule has 3 saturated carbocycles. The third-order valence-corrected chi connectivity index (χ3v) is 15.2. The molecular weight excluding hydrogens is 447 g/mol. The first-order valence-electron chi connectivity index (χ1n) is 13.0. The van der Waals surface area contributed by atoms with Crippen LogP contribution in [0.1, 0.15) is 67.2 Å². The molecule has 0 bridgehead atoms. The number of rotatable bonds is 4. The average molecular weight is 491 g/mol. The van der Waals surface area contributed by atoms with Crippen LogP contribution in [0, 0.1) is 34.5 Å². The van der Waals surface area contributed by atoms with E-state index in [0.717, 1.165) is 12.0 Å². The van der Waals surface area contributed by atoms with Gasteiger partial charge in [-0.3, -0.25) is 9.59 Å². The monoisotopic (exact) mass is 490 g/mol. The number of alkyl halides is 1. The van der Waals surface area contributed by atoms with Crippen molar-refractivity contribution in [3.05, 3.63) is 23.8 Å². The molecule has 8 atom stereocenters. The summed E-state index contributed by atoms with van der Waals surface area (Å²) in [4.78, 5) is 25.6. The number of aliphatic hydroxyl groups is 1. The van der Waals surface area contributed by atoms with Crippen LogP contribution in [0.25, 0.3) is 0 Å². The van der Waals surface area contributed by atoms with Crippen LogP contribution in [-0.2, 0) is 14.0 Å². The third kappa shape index (κ3) is 3.49. The van der Waals surface area contributed by atoms with Crippen LogP contribution in [0.4, 0.5) is 4.39 Å². The molecule has 0 saturated heterocycles. The van der Waals surface area contributed by atoms with Crippen molar-refractivity contribution in [3.63, 3.8) is 0 Å². The quantitative estimate of drug-likeness (QED) is 0.505. The Hall–Kier alpha value is -1.11. The van der Waals surface area contributed by atoms with Gasteiger partial charge in [-0.15, -0.1) is 0 Å². The molecule has 4 nitrogen and oxygen atoms in total. The number of aliphatic hydroxyl groups excluding tert-OH is 1. The second kappa shape index (κ2) is 7.94. The first-order chi connectivity index (χ1) is 15.5. The van der Waals surface area contributed by atoms with E-state index in [2.05, 4.69) is 47.7 Å². The lowest BCUT2D eigenvalue weighted by Crippen LogP contribution is -2.66. The average Bonchev–Trinajstić information content (AvgIpc) is 2.97. The largest absolute Gasteiger partial charge is 0.410 e. The van der Waals surface area contributed by atoms with Crippen molar-refractivity contribution in [1.82, 2.24) is 0 Å². The van der Waals surface area contributed by atoms with Gasteiger partial charge in [0.1, 0.15) is 0 Å². The van der Waals surface area contributed by atoms with E-state index in [-0.39, 0.29) is 53.3 Å². The summed E-state index contributed by atoms with van der Waals surface area (Å²) in [5.41, 5.74) is -2.49. The second-order valence-electron chi connectivity index (χ2n) is 13.6. The number of carbonyl (C=O) groups excluding carboxylic acids is 2. The van der Waals surface area contributed by atoms with Gasteiger partial charge in [0.25, 0.3) is 0 Å². The fraction of sp³-hybridized carbons (Fsp3) is 0.786. The summed E-state index contributed by atoms with van der Waals surface area (Å²) in [5, 5.41) is 11.5. The van der Waals surface area contributed by atoms with Gasteiger partial charge >= 0.3 is 0 Å². The van der Waals surface area contributed by atoms with E-state index >= 15 is 4.39 Å². The van der Waals surface area contributed by atoms with Gasteiger partial charge in [-0.1, -0.05) is 46.3 Å². The maximum atomic E-state index is 17.2. The summed E-state index contributed by atoms with van der Waals surface area (Å²) in [6, 6.07) is 0. The molecule has 0 aliphatic heterocycles. The van der Waals surface area contributed by atoms with Crippen molar-refractivity contribution in [1.29, 1.82) is 0 Å². The first kappa shape index (κ1) is 26.0. The first-order valence-corrected chi connectivity index (χ1v) is 15.9. The summed E-state index contributed by atoms with van der Waals surface area (Å²) in [6.07, 6.45) is 5.83. The fourth-order valence-electron chi connectivity index (χ4n) is 7.82. The van der Waals surface area contributed by atoms with E-state index in [1.165, 1.54) is 6.08 Å². The molecule has 0 unspecified atom stereocenters. The van der Waals surface area contributed by atoms with Crippen molar-refractivity contribution in [2.45, 2.75) is 97.1 Å². The van der Waals surface area contributed by atoms with Gasteiger partial charge in [0.05, 0.1) is 12.7 Å². The highest BCUT2D eigenvalue weighted by Gasteiger charge is 2.71. The van der Waals surface area contributed by atoms with Gasteiger partial charge in [0.2, 0.25) is 0 Å². The standard InChI is InChI=1S/C28H43FO4Si/c1-17-13-21-20-10-9-18-14-19(30)11-12-27(18,6)28(20,29)23(32)15-26(21,5)24(17)22(31)16-33-34(7,8)25(2,3)4/h11-12,14,17,20-21,23-24,32H,9-10,13,15-16H2,1-8H3/t17-,20+,21+,23+,24-,26+,27+,28+/m1/s1. The molecule has 1 N–H and O–H groups in total. The van der Waals surface area contributed by atoms with Gasteiger partial charge in [-0.25, -0.2) is 4.39 Å². The van der Waals surface area contributed by atoms with E-state index < -0.39 is 30.9 Å². The van der Waals surface area contributed by atoms with Crippen LogP contribution >= 0.6 is 0 Å². The van der Waals surface area contributed by atoms with Crippen LogP contribution in [0.15, 0.2) is 23.8 Å². The molecule has 0 aromatic rings. The molecule has 3 fully saturated rings. The van der Waals surface area contributed by atoms with Crippen LogP contribution in [-0.4, -0.2) is 43.4 Å². The zero-order valence-electron chi connectivity index (χ0n) is 22.2. The van der Waals surface area contributed by atoms with Crippen LogP contribution in [0.2, 0.25) is 18.1 Å². The van der Waals surface area contributed by atoms with Crippen molar-refractivity contribution in [2.24, 2.45) is 34.5 Å². The molecule has 4 aliphatic carbocycles. The number of Topliss-reactive ketones (excluding diaryl/α,β-unsaturated/α-hetero) is 1. The van der Waals surface area contributed by atoms with Crippen LogP contribution in [0.5, 0.6) is 0 Å². The van der Waals surface area contributed by atoms with Gasteiger partial charge in [-0.2, -0.15) is 0 Å². The summed E-state index contributed by atoms with van der Waals surface area (Å²) in [5.74, 6) is -0.453. The van der Waals surface area contributed by atoms with E-state index in [1.54, 1.807) is 12.2 Å². The van der Waals surface area contributed by atoms with Gasteiger partial charge < -0.3 is 9.53 Å². The van der Waals surface area contributed by atoms with Crippen LogP contribution in [0.3, 0.4) is 0 Å². The predicted molar refractivity (Wildman–Crippen MR) is 135 cm³/mol. The smallest absolute Gasteiger partial charge is 0.192 e. The minimum absolute atomic E-state index is 0.0159. The number of allylic oxidation sites excluding steroid dienone is 4. The van der Waals surface area contributed by atoms with Crippen LogP contribution < -0.4 is 0 Å². The molecule has 0 heterocycles. The van der Waals surface area contributed by atoms with E-state index in [4.69, 9.17) is 4.43 Å². The highest BCUT2D eigenvalue weighted by atomic mass is 28.4. The fourth-order valence-corrected chi connectivity index (χ4v) is 8.76. The Labute approximate surface area is 205 Å². The molecule has 190 valence electrons. The lowest BCUT2D eigenvalue weighted by molar-refractivity contribution is -0.195. The minimum Gasteiger partial charge on any atom is -0.410 e. The Morgan fingerprint density at radius 2 is 1.91 bits per heavy atom. The molecule has 0 aromatic heterocycles. The molecule has 6 heteroatoms. The number of hydrogen-bond acceptors (Lipinski definition) is 4. The number of carbonyl (C=O) groups is 2. The minimum atomic E-state index is -2.07. The molecule has 0 aromatic carbocycles. The Bertz CT molecular complexity index is 949. The zero-order valence-corrected chi connectivity index (χ0v) is 23.2. The Morgan fingerprint density at radius 1 is 1.26 bits per heavy atom. The summed E-state index contributed by atoms with van der Waals surface area (Å²) in [6.45, 7) is 17.0. The summed E-state index contributed by atoms with van der Waals surface area (Å²) < 4.78 is 23.5. The number of hydrogen-bond donors (Lipinski definition) is 1. The predicted octanol–water partition coefficient (Wildman–Crippen LogP) is 5.81. The molecular formula is C28H43FO4Si. The maximum absolute atomic E-state index is 17.2. The van der Waals surface area contributed by atoms with E-state index in [1.807, 2.05) is 6.92 Å². The second-order valence-corrected chi connectivity index (χ2v) is 18.4. The molecule has 34 heavy (non-hydrogen) atoms. The maximum Gasteiger partial charge on any atom is 0.192 e. The van der Waals surface area contributed by atoms with Gasteiger partial charge in [0, 0.05) is 17.3 Å². The lowest BCUT2D eigenvalue weighted by atomic mass is 9.45. The van der Waals surface area contributed by atoms with Gasteiger partial charge in [-0.05, 0) is 80.1 Å². The number of ketones is 2. The topological polar surface area (TPSA) is 63.6 Å². The Morgan fingerprint density at radius 3 is 2.53 bits per heavy atom. The van der Waals surface area contributed by atoms with Crippen molar-refractivity contribution < 1.29 is 23.5 Å². The molecule has 4 rings (SSSR count). The highest BCUT2D eigenvalue weighted by Crippen LogP contribution is 2.69. The van der Waals surface area contributed by atoms with Crippen molar-refractivity contribution >= 4 is 19.9 Å². The number of halogens is 1. The Balaban J connectivity index is 1.63. The summed E-state index contributed by atoms with van der Waals surface area (Å²) >= 11 is 0. The molecule has 0 amide bonds. The van der Waals surface area contributed by atoms with E-state index in [9.17, 15) is 14.7 Å². The molecule has 0 spiro atoms. The van der Waals surface area contributed by atoms with Crippen molar-refractivity contribution in [3.8, 4) is 0 Å². The third-order valence-electron chi connectivity index (χ3n) is 10.7. The molecule has 0 radical (unpaired) electrons. The Kier molecular flexibility index (Phi) is 6.07. The number of fused-ring (bicyclic) bond motifs is 5. The SMILES string of the molecule is C[C@@H]1C[C@H]2[C@@H]3CCC4=CC(=O)C=C[C@]4(C)[C@@]3(F)[C@@H](O)C[C@]2(C)[C@H]1C(=O)CO[Si](C)(C)C(C)(C)C. The highest BCUT2D eigenvalue weighted by molar-refractivity contribution is 6.74. The van der Waals surface area contributed by atoms with E-state index in [0.29, 0.717) is 12.8 Å². The zero-order chi connectivity index (χ0) is 25.5.